The topological polar surface area (TPSA) is 133 Å². The number of carboxylic acids is 1. The maximum atomic E-state index is 12.0. The second kappa shape index (κ2) is 7.39. The number of hydrogen-bond acceptors (Lipinski definition) is 5. The van der Waals surface area contributed by atoms with E-state index in [2.05, 4.69) is 10.6 Å². The lowest BCUT2D eigenvalue weighted by Crippen LogP contribution is -2.44. The van der Waals surface area contributed by atoms with E-state index in [9.17, 15) is 24.0 Å². The van der Waals surface area contributed by atoms with Gasteiger partial charge in [-0.05, 0) is 31.2 Å². The summed E-state index contributed by atoms with van der Waals surface area (Å²) in [5.74, 6) is -3.31. The second-order valence-corrected chi connectivity index (χ2v) is 5.20. The van der Waals surface area contributed by atoms with Crippen molar-refractivity contribution in [2.45, 2.75) is 13.0 Å². The Labute approximate surface area is 142 Å². The summed E-state index contributed by atoms with van der Waals surface area (Å²) in [5.41, 5.74) is 0.541. The van der Waals surface area contributed by atoms with Crippen LogP contribution < -0.4 is 15.5 Å². The van der Waals surface area contributed by atoms with E-state index in [0.29, 0.717) is 5.69 Å². The van der Waals surface area contributed by atoms with E-state index in [1.54, 1.807) is 0 Å². The second-order valence-electron chi connectivity index (χ2n) is 5.20. The molecule has 0 saturated carbocycles. The van der Waals surface area contributed by atoms with Gasteiger partial charge in [0.2, 0.25) is 5.91 Å². The van der Waals surface area contributed by atoms with E-state index in [1.165, 1.54) is 31.2 Å². The van der Waals surface area contributed by atoms with Crippen LogP contribution in [0.25, 0.3) is 0 Å². The van der Waals surface area contributed by atoms with Crippen molar-refractivity contribution in [2.75, 3.05) is 11.4 Å². The fraction of sp³-hybridized carbons (Fsp3) is 0.188. The van der Waals surface area contributed by atoms with Gasteiger partial charge in [-0.25, -0.2) is 4.90 Å². The van der Waals surface area contributed by atoms with Gasteiger partial charge < -0.3 is 15.7 Å². The van der Waals surface area contributed by atoms with Gasteiger partial charge in [-0.3, -0.25) is 24.0 Å². The van der Waals surface area contributed by atoms with Crippen LogP contribution in [0.2, 0.25) is 0 Å². The smallest absolute Gasteiger partial charge is 0.325 e. The van der Waals surface area contributed by atoms with Crippen LogP contribution in [0.1, 0.15) is 17.3 Å². The predicted molar refractivity (Wildman–Crippen MR) is 85.6 cm³/mol. The molecule has 1 aliphatic heterocycles. The third-order valence-corrected chi connectivity index (χ3v) is 3.35. The lowest BCUT2D eigenvalue weighted by molar-refractivity contribution is -0.141. The standard InChI is InChI=1S/C16H15N3O6/c1-9(16(24)25)18-12(20)8-17-15(23)10-2-4-11(5-3-10)19-13(21)6-7-14(19)22/h2-7,9H,8H2,1H3,(H,17,23)(H,18,20)(H,24,25). The van der Waals surface area contributed by atoms with Crippen LogP contribution in [0.5, 0.6) is 0 Å². The van der Waals surface area contributed by atoms with Crippen molar-refractivity contribution in [1.29, 1.82) is 0 Å². The number of carbonyl (C=O) groups is 5. The zero-order valence-corrected chi connectivity index (χ0v) is 13.2. The number of amides is 4. The minimum atomic E-state index is -1.18. The largest absolute Gasteiger partial charge is 0.480 e. The number of benzene rings is 1. The molecule has 0 saturated heterocycles. The van der Waals surface area contributed by atoms with Crippen LogP contribution in [0.3, 0.4) is 0 Å². The normalized spacial score (nSPS) is 14.4. The zero-order chi connectivity index (χ0) is 18.6. The summed E-state index contributed by atoms with van der Waals surface area (Å²) >= 11 is 0. The molecule has 0 radical (unpaired) electrons. The molecule has 2 rings (SSSR count). The van der Waals surface area contributed by atoms with E-state index >= 15 is 0 Å². The molecule has 1 aliphatic rings. The highest BCUT2D eigenvalue weighted by atomic mass is 16.4. The van der Waals surface area contributed by atoms with Crippen molar-refractivity contribution in [1.82, 2.24) is 10.6 Å². The molecule has 4 amide bonds. The van der Waals surface area contributed by atoms with Crippen molar-refractivity contribution in [2.24, 2.45) is 0 Å². The Bertz CT molecular complexity index is 751. The Morgan fingerprint density at radius 1 is 1.08 bits per heavy atom. The molecule has 3 N–H and O–H groups in total. The first-order valence-corrected chi connectivity index (χ1v) is 7.26. The first-order valence-electron chi connectivity index (χ1n) is 7.26. The highest BCUT2D eigenvalue weighted by Crippen LogP contribution is 2.19. The van der Waals surface area contributed by atoms with Gasteiger partial charge in [0.25, 0.3) is 17.7 Å². The molecule has 0 bridgehead atoms. The Morgan fingerprint density at radius 2 is 1.64 bits per heavy atom. The molecule has 25 heavy (non-hydrogen) atoms. The summed E-state index contributed by atoms with van der Waals surface area (Å²) in [6.45, 7) is 0.918. The Hall–Kier alpha value is -3.49. The minimum absolute atomic E-state index is 0.217. The van der Waals surface area contributed by atoms with Gasteiger partial charge in [0.05, 0.1) is 12.2 Å². The summed E-state index contributed by atoms with van der Waals surface area (Å²) in [7, 11) is 0. The third kappa shape index (κ3) is 4.28. The average Bonchev–Trinajstić information content (AvgIpc) is 2.91. The first-order chi connectivity index (χ1) is 11.8. The van der Waals surface area contributed by atoms with Crippen molar-refractivity contribution in [3.8, 4) is 0 Å². The van der Waals surface area contributed by atoms with E-state index in [4.69, 9.17) is 5.11 Å². The summed E-state index contributed by atoms with van der Waals surface area (Å²) in [5, 5.41) is 13.2. The summed E-state index contributed by atoms with van der Waals surface area (Å²) in [4.78, 5) is 58.2. The summed E-state index contributed by atoms with van der Waals surface area (Å²) in [6, 6.07) is 4.62. The lowest BCUT2D eigenvalue weighted by Gasteiger charge is -2.14. The van der Waals surface area contributed by atoms with Gasteiger partial charge in [-0.15, -0.1) is 0 Å². The van der Waals surface area contributed by atoms with Crippen LogP contribution >= 0.6 is 0 Å². The van der Waals surface area contributed by atoms with Crippen molar-refractivity contribution in [3.05, 3.63) is 42.0 Å². The molecular formula is C16H15N3O6. The van der Waals surface area contributed by atoms with Crippen molar-refractivity contribution >= 4 is 35.3 Å². The molecule has 1 aromatic carbocycles. The number of anilines is 1. The molecule has 1 unspecified atom stereocenters. The SMILES string of the molecule is CC(NC(=O)CNC(=O)c1ccc(N2C(=O)C=CC2=O)cc1)C(=O)O. The average molecular weight is 345 g/mol. The van der Waals surface area contributed by atoms with Gasteiger partial charge in [0.15, 0.2) is 0 Å². The van der Waals surface area contributed by atoms with Crippen molar-refractivity contribution in [3.63, 3.8) is 0 Å². The van der Waals surface area contributed by atoms with Crippen LogP contribution in [0, 0.1) is 0 Å². The summed E-state index contributed by atoms with van der Waals surface area (Å²) in [6.07, 6.45) is 2.30. The number of nitrogens with zero attached hydrogens (tertiary/aromatic N) is 1. The predicted octanol–water partition coefficient (Wildman–Crippen LogP) is -0.565. The Morgan fingerprint density at radius 3 is 2.16 bits per heavy atom. The molecule has 0 spiro atoms. The quantitative estimate of drug-likeness (QED) is 0.592. The fourth-order valence-corrected chi connectivity index (χ4v) is 2.03. The number of nitrogens with one attached hydrogen (secondary N) is 2. The number of carbonyl (C=O) groups excluding carboxylic acids is 4. The van der Waals surface area contributed by atoms with Crippen LogP contribution in [-0.2, 0) is 19.2 Å². The van der Waals surface area contributed by atoms with Gasteiger partial charge in [-0.2, -0.15) is 0 Å². The number of carboxylic acid groups (broad SMARTS) is 1. The van der Waals surface area contributed by atoms with Crippen LogP contribution in [0.15, 0.2) is 36.4 Å². The molecule has 0 fully saturated rings. The minimum Gasteiger partial charge on any atom is -0.480 e. The molecule has 1 heterocycles. The number of imide groups is 1. The Kier molecular flexibility index (Phi) is 5.28. The molecular weight excluding hydrogens is 330 g/mol. The van der Waals surface area contributed by atoms with E-state index in [-0.39, 0.29) is 12.1 Å². The lowest BCUT2D eigenvalue weighted by atomic mass is 10.2. The van der Waals surface area contributed by atoms with E-state index in [1.807, 2.05) is 0 Å². The molecule has 1 atom stereocenters. The van der Waals surface area contributed by atoms with Crippen molar-refractivity contribution < 1.29 is 29.1 Å². The zero-order valence-electron chi connectivity index (χ0n) is 13.2. The number of rotatable bonds is 6. The molecule has 130 valence electrons. The van der Waals surface area contributed by atoms with Gasteiger partial charge in [-0.1, -0.05) is 0 Å². The summed E-state index contributed by atoms with van der Waals surface area (Å²) < 4.78 is 0. The highest BCUT2D eigenvalue weighted by molar-refractivity contribution is 6.28. The molecule has 1 aromatic rings. The fourth-order valence-electron chi connectivity index (χ4n) is 2.03. The van der Waals surface area contributed by atoms with Gasteiger partial charge in [0.1, 0.15) is 6.04 Å². The van der Waals surface area contributed by atoms with Crippen LogP contribution in [0.4, 0.5) is 5.69 Å². The van der Waals surface area contributed by atoms with Gasteiger partial charge in [0, 0.05) is 17.7 Å². The monoisotopic (exact) mass is 345 g/mol. The maximum absolute atomic E-state index is 12.0. The Balaban J connectivity index is 1.92. The first kappa shape index (κ1) is 17.9. The number of aliphatic carboxylic acids is 1. The molecule has 0 aliphatic carbocycles. The maximum Gasteiger partial charge on any atom is 0.325 e. The molecule has 9 heteroatoms. The van der Waals surface area contributed by atoms with E-state index < -0.39 is 35.6 Å². The van der Waals surface area contributed by atoms with Crippen LogP contribution in [-0.4, -0.2) is 47.3 Å². The van der Waals surface area contributed by atoms with E-state index in [0.717, 1.165) is 17.1 Å². The third-order valence-electron chi connectivity index (χ3n) is 3.35. The molecule has 0 aromatic heterocycles. The highest BCUT2D eigenvalue weighted by Gasteiger charge is 2.25. The van der Waals surface area contributed by atoms with Gasteiger partial charge >= 0.3 is 5.97 Å². The molecule has 9 nitrogen and oxygen atoms in total. The number of hydrogen-bond donors (Lipinski definition) is 3.